The first kappa shape index (κ1) is 10.4. The largest absolute Gasteiger partial charge is 0.317 e. The lowest BCUT2D eigenvalue weighted by atomic mass is 10.1. The zero-order valence-corrected chi connectivity index (χ0v) is 8.02. The molecule has 0 aliphatic rings. The molecule has 0 radical (unpaired) electrons. The Bertz CT molecular complexity index is 145. The second-order valence-electron chi connectivity index (χ2n) is 2.76. The fourth-order valence-electron chi connectivity index (χ4n) is 0.952. The van der Waals surface area contributed by atoms with E-state index in [1.807, 2.05) is 14.0 Å². The molecule has 0 bridgehead atoms. The van der Waals surface area contributed by atoms with E-state index < -0.39 is 0 Å². The third-order valence-corrected chi connectivity index (χ3v) is 1.79. The van der Waals surface area contributed by atoms with Crippen LogP contribution in [0, 0.1) is 0 Å². The van der Waals surface area contributed by atoms with Crippen molar-refractivity contribution in [3.63, 3.8) is 0 Å². The molecule has 64 valence electrons. The van der Waals surface area contributed by atoms with Gasteiger partial charge in [-0.2, -0.15) is 0 Å². The molecule has 1 nitrogen and oxygen atoms in total. The van der Waals surface area contributed by atoms with Gasteiger partial charge in [-0.25, -0.2) is 0 Å². The van der Waals surface area contributed by atoms with Crippen molar-refractivity contribution in [3.05, 3.63) is 23.8 Å². The van der Waals surface area contributed by atoms with Crippen molar-refractivity contribution in [1.29, 1.82) is 0 Å². The van der Waals surface area contributed by atoms with E-state index >= 15 is 0 Å². The van der Waals surface area contributed by atoms with Gasteiger partial charge in [-0.3, -0.25) is 0 Å². The van der Waals surface area contributed by atoms with E-state index in [1.165, 1.54) is 5.57 Å². The molecule has 0 saturated heterocycles. The molecule has 1 heteroatoms. The summed E-state index contributed by atoms with van der Waals surface area (Å²) < 4.78 is 0. The fraction of sp³-hybridized carbons (Fsp3) is 0.600. The molecule has 0 heterocycles. The summed E-state index contributed by atoms with van der Waals surface area (Å²) in [4.78, 5) is 0. The molecule has 0 rings (SSSR count). The van der Waals surface area contributed by atoms with Crippen LogP contribution in [0.1, 0.15) is 27.2 Å². The maximum absolute atomic E-state index is 3.21. The van der Waals surface area contributed by atoms with Crippen molar-refractivity contribution in [2.75, 3.05) is 7.05 Å². The van der Waals surface area contributed by atoms with E-state index in [0.717, 1.165) is 6.42 Å². The van der Waals surface area contributed by atoms with Crippen molar-refractivity contribution in [2.24, 2.45) is 0 Å². The lowest BCUT2D eigenvalue weighted by molar-refractivity contribution is 0.610. The first-order valence-corrected chi connectivity index (χ1v) is 4.19. The highest BCUT2D eigenvalue weighted by molar-refractivity contribution is 5.18. The van der Waals surface area contributed by atoms with Crippen molar-refractivity contribution in [1.82, 2.24) is 5.32 Å². The predicted molar refractivity (Wildman–Crippen MR) is 51.7 cm³/mol. The minimum absolute atomic E-state index is 0.567. The minimum Gasteiger partial charge on any atom is -0.317 e. The Balaban J connectivity index is 3.89. The van der Waals surface area contributed by atoms with Crippen molar-refractivity contribution in [2.45, 2.75) is 33.2 Å². The first-order valence-electron chi connectivity index (χ1n) is 4.19. The number of hydrogen-bond acceptors (Lipinski definition) is 1. The standard InChI is InChI=1S/C10H19N/c1-5-7-10(6-2)8-9(3)11-4/h5-7,9,11H,8H2,1-4H3/b7-5-,10-6+. The molecule has 0 spiro atoms. The van der Waals surface area contributed by atoms with Crippen molar-refractivity contribution >= 4 is 0 Å². The van der Waals surface area contributed by atoms with Crippen LogP contribution in [0.2, 0.25) is 0 Å². The van der Waals surface area contributed by atoms with Gasteiger partial charge < -0.3 is 5.32 Å². The van der Waals surface area contributed by atoms with Crippen LogP contribution >= 0.6 is 0 Å². The molecule has 0 aromatic rings. The summed E-state index contributed by atoms with van der Waals surface area (Å²) in [6.45, 7) is 6.32. The van der Waals surface area contributed by atoms with E-state index in [4.69, 9.17) is 0 Å². The topological polar surface area (TPSA) is 12.0 Å². The Labute approximate surface area is 70.2 Å². The van der Waals surface area contributed by atoms with Gasteiger partial charge in [-0.1, -0.05) is 23.8 Å². The highest BCUT2D eigenvalue weighted by Crippen LogP contribution is 2.06. The van der Waals surface area contributed by atoms with Crippen LogP contribution < -0.4 is 5.32 Å². The smallest absolute Gasteiger partial charge is 0.00760 e. The van der Waals surface area contributed by atoms with Gasteiger partial charge in [0.25, 0.3) is 0 Å². The third kappa shape index (κ3) is 4.79. The first-order chi connectivity index (χ1) is 5.24. The summed E-state index contributed by atoms with van der Waals surface area (Å²) in [7, 11) is 1.99. The summed E-state index contributed by atoms with van der Waals surface area (Å²) in [5, 5.41) is 3.21. The van der Waals surface area contributed by atoms with Gasteiger partial charge in [0.2, 0.25) is 0 Å². The average molecular weight is 153 g/mol. The SMILES string of the molecule is C/C=C\C(=C/C)CC(C)NC. The fourth-order valence-corrected chi connectivity index (χ4v) is 0.952. The maximum Gasteiger partial charge on any atom is 0.00760 e. The second-order valence-corrected chi connectivity index (χ2v) is 2.76. The van der Waals surface area contributed by atoms with E-state index in [9.17, 15) is 0 Å². The summed E-state index contributed by atoms with van der Waals surface area (Å²) in [5.74, 6) is 0. The second kappa shape index (κ2) is 6.17. The number of allylic oxidation sites excluding steroid dienone is 3. The van der Waals surface area contributed by atoms with Gasteiger partial charge in [0.05, 0.1) is 0 Å². The molecule has 0 saturated carbocycles. The van der Waals surface area contributed by atoms with E-state index in [2.05, 4.69) is 37.4 Å². The lowest BCUT2D eigenvalue weighted by Crippen LogP contribution is -2.21. The van der Waals surface area contributed by atoms with Crippen LogP contribution in [0.25, 0.3) is 0 Å². The van der Waals surface area contributed by atoms with Crippen LogP contribution in [0.4, 0.5) is 0 Å². The molecule has 0 amide bonds. The molecule has 0 aromatic carbocycles. The maximum atomic E-state index is 3.21. The highest BCUT2D eigenvalue weighted by Gasteiger charge is 1.98. The van der Waals surface area contributed by atoms with Crippen molar-refractivity contribution in [3.8, 4) is 0 Å². The summed E-state index contributed by atoms with van der Waals surface area (Å²) in [6.07, 6.45) is 7.51. The molecule has 0 aliphatic carbocycles. The van der Waals surface area contributed by atoms with Gasteiger partial charge >= 0.3 is 0 Å². The van der Waals surface area contributed by atoms with Gasteiger partial charge in [0.1, 0.15) is 0 Å². The molecule has 11 heavy (non-hydrogen) atoms. The van der Waals surface area contributed by atoms with Gasteiger partial charge in [0, 0.05) is 6.04 Å². The van der Waals surface area contributed by atoms with Gasteiger partial charge in [0.15, 0.2) is 0 Å². The van der Waals surface area contributed by atoms with Crippen LogP contribution in [0.5, 0.6) is 0 Å². The lowest BCUT2D eigenvalue weighted by Gasteiger charge is -2.09. The molecular weight excluding hydrogens is 134 g/mol. The Morgan fingerprint density at radius 2 is 2.09 bits per heavy atom. The third-order valence-electron chi connectivity index (χ3n) is 1.79. The van der Waals surface area contributed by atoms with Crippen LogP contribution in [0.15, 0.2) is 23.8 Å². The zero-order chi connectivity index (χ0) is 8.69. The minimum atomic E-state index is 0.567. The Hall–Kier alpha value is -0.560. The zero-order valence-electron chi connectivity index (χ0n) is 8.02. The normalized spacial score (nSPS) is 15.8. The van der Waals surface area contributed by atoms with Crippen LogP contribution in [-0.2, 0) is 0 Å². The molecule has 0 aliphatic heterocycles. The monoisotopic (exact) mass is 153 g/mol. The summed E-state index contributed by atoms with van der Waals surface area (Å²) in [6, 6.07) is 0.567. The van der Waals surface area contributed by atoms with E-state index in [-0.39, 0.29) is 0 Å². The van der Waals surface area contributed by atoms with E-state index in [0.29, 0.717) is 6.04 Å². The number of rotatable bonds is 4. The Morgan fingerprint density at radius 3 is 2.45 bits per heavy atom. The average Bonchev–Trinajstić information content (AvgIpc) is 2.03. The van der Waals surface area contributed by atoms with Gasteiger partial charge in [-0.05, 0) is 34.2 Å². The molecule has 0 fully saturated rings. The predicted octanol–water partition coefficient (Wildman–Crippen LogP) is 2.51. The van der Waals surface area contributed by atoms with Crippen LogP contribution in [0.3, 0.4) is 0 Å². The number of hydrogen-bond donors (Lipinski definition) is 1. The molecule has 1 N–H and O–H groups in total. The summed E-state index contributed by atoms with van der Waals surface area (Å²) in [5.41, 5.74) is 1.40. The summed E-state index contributed by atoms with van der Waals surface area (Å²) >= 11 is 0. The van der Waals surface area contributed by atoms with E-state index in [1.54, 1.807) is 0 Å². The number of nitrogens with one attached hydrogen (secondary N) is 1. The highest BCUT2D eigenvalue weighted by atomic mass is 14.8. The Kier molecular flexibility index (Phi) is 5.86. The van der Waals surface area contributed by atoms with Gasteiger partial charge in [-0.15, -0.1) is 0 Å². The molecular formula is C10H19N. The molecule has 1 atom stereocenters. The quantitative estimate of drug-likeness (QED) is 0.612. The molecule has 0 aromatic heterocycles. The van der Waals surface area contributed by atoms with Crippen molar-refractivity contribution < 1.29 is 0 Å². The molecule has 1 unspecified atom stereocenters. The Morgan fingerprint density at radius 1 is 1.45 bits per heavy atom. The van der Waals surface area contributed by atoms with Crippen LogP contribution in [-0.4, -0.2) is 13.1 Å².